The molecule has 0 amide bonds. The van der Waals surface area contributed by atoms with Crippen LogP contribution in [-0.2, 0) is 0 Å². The second-order valence-corrected chi connectivity index (χ2v) is 9.02. The van der Waals surface area contributed by atoms with Crippen molar-refractivity contribution in [2.45, 2.75) is 57.7 Å². The average Bonchev–Trinajstić information content (AvgIpc) is 2.82. The summed E-state index contributed by atoms with van der Waals surface area (Å²) in [7, 11) is 0. The van der Waals surface area contributed by atoms with Gasteiger partial charge in [-0.25, -0.2) is 8.78 Å². The van der Waals surface area contributed by atoms with E-state index < -0.39 is 23.7 Å². The molecule has 0 atom stereocenters. The van der Waals surface area contributed by atoms with Crippen LogP contribution in [0, 0.1) is 17.6 Å². The lowest BCUT2D eigenvalue weighted by atomic mass is 9.77. The van der Waals surface area contributed by atoms with Gasteiger partial charge in [0, 0.05) is 0 Å². The molecule has 3 aromatic carbocycles. The van der Waals surface area contributed by atoms with Crippen molar-refractivity contribution in [3.63, 3.8) is 0 Å². The summed E-state index contributed by atoms with van der Waals surface area (Å²) in [5.74, 6) is -2.79. The Kier molecular flexibility index (Phi) is 7.24. The summed E-state index contributed by atoms with van der Waals surface area (Å²) >= 11 is 0. The van der Waals surface area contributed by atoms with Crippen LogP contribution in [0.25, 0.3) is 22.3 Å². The van der Waals surface area contributed by atoms with Crippen LogP contribution in [0.2, 0.25) is 0 Å². The van der Waals surface area contributed by atoms with Crippen LogP contribution in [0.4, 0.5) is 22.0 Å². The van der Waals surface area contributed by atoms with Crippen molar-refractivity contribution < 1.29 is 26.7 Å². The fourth-order valence-electron chi connectivity index (χ4n) is 4.94. The molecule has 34 heavy (non-hydrogen) atoms. The highest BCUT2D eigenvalue weighted by Crippen LogP contribution is 2.38. The van der Waals surface area contributed by atoms with Gasteiger partial charge in [0.25, 0.3) is 0 Å². The Hall–Kier alpha value is -2.89. The summed E-state index contributed by atoms with van der Waals surface area (Å²) in [5, 5.41) is 0. The summed E-state index contributed by atoms with van der Waals surface area (Å²) in [6.45, 7) is 2.25. The minimum absolute atomic E-state index is 0.130. The van der Waals surface area contributed by atoms with Crippen molar-refractivity contribution >= 4 is 0 Å². The quantitative estimate of drug-likeness (QED) is 0.324. The molecular weight excluding hydrogens is 447 g/mol. The predicted octanol–water partition coefficient (Wildman–Crippen LogP) is 9.27. The van der Waals surface area contributed by atoms with Crippen LogP contribution in [0.5, 0.6) is 5.75 Å². The van der Waals surface area contributed by atoms with Crippen molar-refractivity contribution in [1.82, 2.24) is 0 Å². The predicted molar refractivity (Wildman–Crippen MR) is 124 cm³/mol. The van der Waals surface area contributed by atoms with Crippen molar-refractivity contribution in [2.75, 3.05) is 0 Å². The first-order chi connectivity index (χ1) is 16.2. The number of ether oxygens (including phenoxy) is 1. The fourth-order valence-corrected chi connectivity index (χ4v) is 4.94. The molecule has 0 heterocycles. The molecule has 0 unspecified atom stereocenters. The van der Waals surface area contributed by atoms with E-state index in [0.717, 1.165) is 29.2 Å². The van der Waals surface area contributed by atoms with Crippen LogP contribution in [0.1, 0.15) is 56.9 Å². The van der Waals surface area contributed by atoms with Gasteiger partial charge < -0.3 is 4.74 Å². The SMILES string of the molecule is CCCC1CCC(c2ccc(-c3ccc(-c4cc(F)c(OC(F)(F)F)c(F)c4)cc3)cc2)CC1. The molecule has 1 aliphatic carbocycles. The molecule has 0 spiro atoms. The van der Waals surface area contributed by atoms with E-state index >= 15 is 0 Å². The van der Waals surface area contributed by atoms with Crippen LogP contribution < -0.4 is 4.74 Å². The fraction of sp³-hybridized carbons (Fsp3) is 0.357. The Bertz CT molecular complexity index is 1070. The first-order valence-corrected chi connectivity index (χ1v) is 11.7. The van der Waals surface area contributed by atoms with Gasteiger partial charge in [-0.3, -0.25) is 0 Å². The van der Waals surface area contributed by atoms with Crippen molar-refractivity contribution in [3.8, 4) is 28.0 Å². The minimum atomic E-state index is -5.17. The third-order valence-electron chi connectivity index (χ3n) is 6.69. The summed E-state index contributed by atoms with van der Waals surface area (Å²) in [6.07, 6.45) is 2.47. The van der Waals surface area contributed by atoms with Crippen LogP contribution in [0.3, 0.4) is 0 Å². The molecule has 1 saturated carbocycles. The zero-order valence-electron chi connectivity index (χ0n) is 19.0. The van der Waals surface area contributed by atoms with E-state index in [-0.39, 0.29) is 5.56 Å². The number of hydrogen-bond donors (Lipinski definition) is 0. The molecule has 1 aliphatic rings. The summed E-state index contributed by atoms with van der Waals surface area (Å²) in [6, 6.07) is 17.2. The van der Waals surface area contributed by atoms with E-state index in [2.05, 4.69) is 35.9 Å². The van der Waals surface area contributed by atoms with E-state index in [1.54, 1.807) is 12.1 Å². The molecular formula is C28H27F5O. The average molecular weight is 475 g/mol. The molecule has 0 saturated heterocycles. The van der Waals surface area contributed by atoms with E-state index in [4.69, 9.17) is 0 Å². The molecule has 0 radical (unpaired) electrons. The van der Waals surface area contributed by atoms with Gasteiger partial charge >= 0.3 is 6.36 Å². The van der Waals surface area contributed by atoms with E-state index in [9.17, 15) is 22.0 Å². The normalized spacial score (nSPS) is 18.6. The van der Waals surface area contributed by atoms with Crippen LogP contribution in [-0.4, -0.2) is 6.36 Å². The first kappa shape index (κ1) is 24.2. The van der Waals surface area contributed by atoms with E-state index in [1.807, 2.05) is 12.1 Å². The summed E-state index contributed by atoms with van der Waals surface area (Å²) < 4.78 is 68.6. The molecule has 1 fully saturated rings. The lowest BCUT2D eigenvalue weighted by molar-refractivity contribution is -0.276. The van der Waals surface area contributed by atoms with Crippen molar-refractivity contribution in [2.24, 2.45) is 5.92 Å². The standard InChI is InChI=1S/C28H27F5O/c1-2-3-18-4-6-19(7-5-18)20-8-10-21(11-9-20)22-12-14-23(15-13-22)24-16-25(29)27(26(30)17-24)34-28(31,32)33/h8-19H,2-7H2,1H3. The third-order valence-corrected chi connectivity index (χ3v) is 6.69. The number of halogens is 5. The van der Waals surface area contributed by atoms with Gasteiger partial charge in [0.1, 0.15) is 0 Å². The van der Waals surface area contributed by atoms with Crippen LogP contribution >= 0.6 is 0 Å². The molecule has 0 bridgehead atoms. The largest absolute Gasteiger partial charge is 0.573 e. The summed E-state index contributed by atoms with van der Waals surface area (Å²) in [5.41, 5.74) is 3.95. The van der Waals surface area contributed by atoms with Gasteiger partial charge in [-0.05, 0) is 77.5 Å². The maximum absolute atomic E-state index is 14.1. The molecule has 4 rings (SSSR count). The van der Waals surface area contributed by atoms with Gasteiger partial charge in [0.15, 0.2) is 11.6 Å². The highest BCUT2D eigenvalue weighted by molar-refractivity contribution is 5.71. The number of hydrogen-bond acceptors (Lipinski definition) is 1. The smallest absolute Gasteiger partial charge is 0.399 e. The maximum Gasteiger partial charge on any atom is 0.573 e. The zero-order chi connectivity index (χ0) is 24.3. The third kappa shape index (κ3) is 5.78. The molecule has 1 nitrogen and oxygen atoms in total. The molecule has 3 aromatic rings. The molecule has 0 aromatic heterocycles. The van der Waals surface area contributed by atoms with Gasteiger partial charge in [0.2, 0.25) is 5.75 Å². The minimum Gasteiger partial charge on any atom is -0.399 e. The maximum atomic E-state index is 14.1. The summed E-state index contributed by atoms with van der Waals surface area (Å²) in [4.78, 5) is 0. The van der Waals surface area contributed by atoms with Gasteiger partial charge in [-0.15, -0.1) is 13.2 Å². The highest BCUT2D eigenvalue weighted by Gasteiger charge is 2.34. The van der Waals surface area contributed by atoms with Crippen molar-refractivity contribution in [1.29, 1.82) is 0 Å². The van der Waals surface area contributed by atoms with E-state index in [1.165, 1.54) is 44.1 Å². The monoisotopic (exact) mass is 474 g/mol. The molecule has 180 valence electrons. The molecule has 6 heteroatoms. The molecule has 0 aliphatic heterocycles. The second-order valence-electron chi connectivity index (χ2n) is 9.02. The Balaban J connectivity index is 1.46. The topological polar surface area (TPSA) is 9.23 Å². The first-order valence-electron chi connectivity index (χ1n) is 11.7. The number of benzene rings is 3. The Morgan fingerprint density at radius 1 is 0.735 bits per heavy atom. The van der Waals surface area contributed by atoms with E-state index in [0.29, 0.717) is 11.5 Å². The Labute approximate surface area is 196 Å². The van der Waals surface area contributed by atoms with Gasteiger partial charge in [-0.1, -0.05) is 68.3 Å². The number of rotatable bonds is 6. The molecule has 0 N–H and O–H groups in total. The lowest BCUT2D eigenvalue weighted by Gasteiger charge is -2.28. The number of alkyl halides is 3. The van der Waals surface area contributed by atoms with Crippen LogP contribution in [0.15, 0.2) is 60.7 Å². The highest BCUT2D eigenvalue weighted by atomic mass is 19.4. The Morgan fingerprint density at radius 3 is 1.68 bits per heavy atom. The lowest BCUT2D eigenvalue weighted by Crippen LogP contribution is -2.19. The zero-order valence-corrected chi connectivity index (χ0v) is 19.0. The van der Waals surface area contributed by atoms with Gasteiger partial charge in [-0.2, -0.15) is 0 Å². The van der Waals surface area contributed by atoms with Crippen molar-refractivity contribution in [3.05, 3.63) is 77.9 Å². The van der Waals surface area contributed by atoms with Gasteiger partial charge in [0.05, 0.1) is 0 Å². The second kappa shape index (κ2) is 10.2. The Morgan fingerprint density at radius 2 is 1.21 bits per heavy atom.